The Morgan fingerprint density at radius 3 is 2.44 bits per heavy atom. The minimum Gasteiger partial charge on any atom is -0.481 e. The molecule has 0 saturated heterocycles. The molecule has 2 N–H and O–H groups in total. The third-order valence-corrected chi connectivity index (χ3v) is 2.48. The number of carboxylic acids is 1. The van der Waals surface area contributed by atoms with E-state index in [9.17, 15) is 9.59 Å². The number of carbonyl (C=O) groups is 1. The number of nitrogens with zero attached hydrogens (tertiary/aromatic N) is 1. The minimum atomic E-state index is -0.886. The fraction of sp³-hybridized carbons (Fsp3) is 0.636. The summed E-state index contributed by atoms with van der Waals surface area (Å²) in [5.74, 6) is -0.886. The van der Waals surface area contributed by atoms with Gasteiger partial charge in [0, 0.05) is 30.1 Å². The van der Waals surface area contributed by atoms with Gasteiger partial charge in [-0.1, -0.05) is 20.8 Å². The van der Waals surface area contributed by atoms with Crippen LogP contribution in [-0.2, 0) is 23.7 Å². The van der Waals surface area contributed by atoms with Crippen LogP contribution < -0.4 is 5.56 Å². The van der Waals surface area contributed by atoms with E-state index in [2.05, 4.69) is 5.10 Å². The van der Waals surface area contributed by atoms with E-state index in [1.807, 2.05) is 20.8 Å². The molecule has 1 aromatic rings. The molecular weight excluding hydrogens is 208 g/mol. The lowest BCUT2D eigenvalue weighted by atomic mass is 9.88. The van der Waals surface area contributed by atoms with Gasteiger partial charge in [0.25, 0.3) is 5.56 Å². The molecule has 5 nitrogen and oxygen atoms in total. The number of H-pyrrole nitrogens is 1. The molecule has 0 saturated carbocycles. The molecule has 90 valence electrons. The van der Waals surface area contributed by atoms with Crippen LogP contribution in [0.4, 0.5) is 0 Å². The molecule has 0 atom stereocenters. The van der Waals surface area contributed by atoms with Crippen molar-refractivity contribution in [2.75, 3.05) is 0 Å². The van der Waals surface area contributed by atoms with Gasteiger partial charge in [-0.05, 0) is 6.42 Å². The van der Waals surface area contributed by atoms with E-state index in [1.165, 1.54) is 4.68 Å². The van der Waals surface area contributed by atoms with Gasteiger partial charge in [0.15, 0.2) is 0 Å². The monoisotopic (exact) mass is 226 g/mol. The summed E-state index contributed by atoms with van der Waals surface area (Å²) in [5, 5.41) is 11.6. The first-order chi connectivity index (χ1) is 7.23. The minimum absolute atomic E-state index is 0.0177. The van der Waals surface area contributed by atoms with E-state index >= 15 is 0 Å². The van der Waals surface area contributed by atoms with E-state index in [-0.39, 0.29) is 23.8 Å². The SMILES string of the molecule is Cn1[nH]c(C(C)(C)C)c(CCC(=O)O)c1=O. The van der Waals surface area contributed by atoms with E-state index in [0.717, 1.165) is 5.69 Å². The lowest BCUT2D eigenvalue weighted by Crippen LogP contribution is -2.18. The summed E-state index contributed by atoms with van der Waals surface area (Å²) in [4.78, 5) is 22.3. The average molecular weight is 226 g/mol. The smallest absolute Gasteiger partial charge is 0.303 e. The summed E-state index contributed by atoms with van der Waals surface area (Å²) < 4.78 is 1.40. The summed E-state index contributed by atoms with van der Waals surface area (Å²) >= 11 is 0. The maximum absolute atomic E-state index is 11.8. The predicted octanol–water partition coefficient (Wildman–Crippen LogP) is 1.03. The number of nitrogens with one attached hydrogen (secondary N) is 1. The molecule has 0 spiro atoms. The number of rotatable bonds is 3. The average Bonchev–Trinajstić information content (AvgIpc) is 2.40. The van der Waals surface area contributed by atoms with E-state index < -0.39 is 5.97 Å². The second-order valence-corrected chi connectivity index (χ2v) is 4.97. The Morgan fingerprint density at radius 2 is 2.00 bits per heavy atom. The standard InChI is InChI=1S/C11H18N2O3/c1-11(2,3)9-7(5-6-8(14)15)10(16)13(4)12-9/h12H,5-6H2,1-4H3,(H,14,15). The van der Waals surface area contributed by atoms with Crippen molar-refractivity contribution in [2.24, 2.45) is 7.05 Å². The molecule has 1 rings (SSSR count). The number of carboxylic acid groups (broad SMARTS) is 1. The molecule has 0 aliphatic heterocycles. The van der Waals surface area contributed by atoms with Crippen LogP contribution in [-0.4, -0.2) is 20.9 Å². The van der Waals surface area contributed by atoms with Crippen molar-refractivity contribution in [3.63, 3.8) is 0 Å². The topological polar surface area (TPSA) is 75.1 Å². The van der Waals surface area contributed by atoms with Crippen molar-refractivity contribution >= 4 is 5.97 Å². The van der Waals surface area contributed by atoms with Crippen LogP contribution in [0.3, 0.4) is 0 Å². The molecule has 0 aliphatic rings. The normalized spacial score (nSPS) is 11.8. The van der Waals surface area contributed by atoms with Crippen LogP contribution in [0.5, 0.6) is 0 Å². The summed E-state index contributed by atoms with van der Waals surface area (Å²) in [6.45, 7) is 5.97. The van der Waals surface area contributed by atoms with E-state index in [1.54, 1.807) is 7.05 Å². The Balaban J connectivity index is 3.15. The van der Waals surface area contributed by atoms with Gasteiger partial charge in [-0.15, -0.1) is 0 Å². The molecule has 0 aromatic carbocycles. The zero-order valence-electron chi connectivity index (χ0n) is 10.1. The van der Waals surface area contributed by atoms with Crippen LogP contribution in [0.15, 0.2) is 4.79 Å². The third-order valence-electron chi connectivity index (χ3n) is 2.48. The van der Waals surface area contributed by atoms with Crippen LogP contribution in [0, 0.1) is 0 Å². The molecule has 0 amide bonds. The second-order valence-electron chi connectivity index (χ2n) is 4.97. The van der Waals surface area contributed by atoms with Gasteiger partial charge < -0.3 is 5.11 Å². The van der Waals surface area contributed by atoms with Crippen molar-refractivity contribution in [1.82, 2.24) is 9.78 Å². The quantitative estimate of drug-likeness (QED) is 0.808. The van der Waals surface area contributed by atoms with Crippen LogP contribution in [0.25, 0.3) is 0 Å². The maximum atomic E-state index is 11.8. The predicted molar refractivity (Wildman–Crippen MR) is 60.7 cm³/mol. The van der Waals surface area contributed by atoms with Crippen LogP contribution in [0.2, 0.25) is 0 Å². The number of aliphatic carboxylic acids is 1. The number of aryl methyl sites for hydroxylation is 1. The molecular formula is C11H18N2O3. The van der Waals surface area contributed by atoms with Gasteiger partial charge in [0.05, 0.1) is 0 Å². The first kappa shape index (κ1) is 12.5. The molecule has 0 aliphatic carbocycles. The summed E-state index contributed by atoms with van der Waals surface area (Å²) in [6.07, 6.45) is 0.258. The molecule has 5 heteroatoms. The molecule has 0 unspecified atom stereocenters. The van der Waals surface area contributed by atoms with Crippen molar-refractivity contribution in [2.45, 2.75) is 39.0 Å². The maximum Gasteiger partial charge on any atom is 0.303 e. The van der Waals surface area contributed by atoms with Crippen LogP contribution >= 0.6 is 0 Å². The lowest BCUT2D eigenvalue weighted by Gasteiger charge is -2.17. The van der Waals surface area contributed by atoms with Gasteiger partial charge in [-0.25, -0.2) is 0 Å². The summed E-state index contributed by atoms with van der Waals surface area (Å²) in [6, 6.07) is 0. The van der Waals surface area contributed by atoms with Gasteiger partial charge in [0.2, 0.25) is 0 Å². The second kappa shape index (κ2) is 4.15. The Kier molecular flexibility index (Phi) is 3.26. The molecule has 16 heavy (non-hydrogen) atoms. The zero-order valence-corrected chi connectivity index (χ0v) is 10.1. The largest absolute Gasteiger partial charge is 0.481 e. The van der Waals surface area contributed by atoms with E-state index in [4.69, 9.17) is 5.11 Å². The van der Waals surface area contributed by atoms with Crippen LogP contribution in [0.1, 0.15) is 38.4 Å². The highest BCUT2D eigenvalue weighted by Crippen LogP contribution is 2.22. The Bertz CT molecular complexity index is 449. The van der Waals surface area contributed by atoms with Gasteiger partial charge >= 0.3 is 5.97 Å². The number of aromatic amines is 1. The first-order valence-corrected chi connectivity index (χ1v) is 5.23. The van der Waals surface area contributed by atoms with Crippen molar-refractivity contribution in [1.29, 1.82) is 0 Å². The Labute approximate surface area is 94.1 Å². The number of hydrogen-bond donors (Lipinski definition) is 2. The van der Waals surface area contributed by atoms with Crippen molar-refractivity contribution in [3.8, 4) is 0 Å². The summed E-state index contributed by atoms with van der Waals surface area (Å²) in [7, 11) is 1.64. The lowest BCUT2D eigenvalue weighted by molar-refractivity contribution is -0.136. The van der Waals surface area contributed by atoms with Gasteiger partial charge in [-0.2, -0.15) is 0 Å². The summed E-state index contributed by atoms with van der Waals surface area (Å²) in [5.41, 5.74) is 1.08. The first-order valence-electron chi connectivity index (χ1n) is 5.23. The molecule has 1 aromatic heterocycles. The Hall–Kier alpha value is -1.52. The highest BCUT2D eigenvalue weighted by molar-refractivity contribution is 5.67. The van der Waals surface area contributed by atoms with Crippen molar-refractivity contribution in [3.05, 3.63) is 21.6 Å². The highest BCUT2D eigenvalue weighted by Gasteiger charge is 2.23. The molecule has 0 fully saturated rings. The number of aromatic nitrogens is 2. The zero-order chi connectivity index (χ0) is 12.5. The van der Waals surface area contributed by atoms with Gasteiger partial charge in [0.1, 0.15) is 0 Å². The third kappa shape index (κ3) is 2.53. The van der Waals surface area contributed by atoms with E-state index in [0.29, 0.717) is 5.56 Å². The number of hydrogen-bond acceptors (Lipinski definition) is 2. The van der Waals surface area contributed by atoms with Crippen molar-refractivity contribution < 1.29 is 9.90 Å². The fourth-order valence-corrected chi connectivity index (χ4v) is 1.68. The highest BCUT2D eigenvalue weighted by atomic mass is 16.4. The molecule has 1 heterocycles. The molecule has 0 radical (unpaired) electrons. The fourth-order valence-electron chi connectivity index (χ4n) is 1.68. The molecule has 0 bridgehead atoms. The Morgan fingerprint density at radius 1 is 1.44 bits per heavy atom. The van der Waals surface area contributed by atoms with Gasteiger partial charge in [-0.3, -0.25) is 19.4 Å².